The van der Waals surface area contributed by atoms with Gasteiger partial charge in [0.05, 0.1) is 17.5 Å². The van der Waals surface area contributed by atoms with Crippen LogP contribution in [0.3, 0.4) is 0 Å². The van der Waals surface area contributed by atoms with Gasteiger partial charge in [0.15, 0.2) is 0 Å². The number of benzene rings is 1. The monoisotopic (exact) mass is 393 g/mol. The van der Waals surface area contributed by atoms with Crippen molar-refractivity contribution in [3.63, 3.8) is 0 Å². The summed E-state index contributed by atoms with van der Waals surface area (Å²) in [7, 11) is -3.60. The molecule has 0 unspecified atom stereocenters. The summed E-state index contributed by atoms with van der Waals surface area (Å²) in [6, 6.07) is 11.3. The van der Waals surface area contributed by atoms with Crippen LogP contribution in [-0.2, 0) is 15.8 Å². The molecule has 5 nitrogen and oxygen atoms in total. The van der Waals surface area contributed by atoms with Crippen molar-refractivity contribution in [1.29, 1.82) is 0 Å². The van der Waals surface area contributed by atoms with E-state index < -0.39 is 15.8 Å². The van der Waals surface area contributed by atoms with E-state index in [2.05, 4.69) is 9.82 Å². The summed E-state index contributed by atoms with van der Waals surface area (Å²) >= 11 is 1.56. The largest absolute Gasteiger partial charge is 0.260 e. The third-order valence-electron chi connectivity index (χ3n) is 3.95. The van der Waals surface area contributed by atoms with E-state index in [1.54, 1.807) is 17.4 Å². The molecule has 1 aromatic carbocycles. The fourth-order valence-corrected chi connectivity index (χ4v) is 4.80. The molecule has 2 heterocycles. The Labute approximate surface area is 156 Å². The fraction of sp³-hybridized carbons (Fsp3) is 0.278. The van der Waals surface area contributed by atoms with E-state index >= 15 is 0 Å². The number of hydrogen-bond donors (Lipinski definition) is 1. The molecule has 3 aromatic rings. The Balaban J connectivity index is 1.78. The van der Waals surface area contributed by atoms with Crippen LogP contribution in [0, 0.1) is 19.7 Å². The lowest BCUT2D eigenvalue weighted by molar-refractivity contribution is 0.499. The maximum Gasteiger partial charge on any atom is 0.215 e. The highest BCUT2D eigenvalue weighted by molar-refractivity contribution is 7.88. The molecule has 1 N–H and O–H groups in total. The van der Waals surface area contributed by atoms with Gasteiger partial charge < -0.3 is 0 Å². The molecule has 0 aliphatic rings. The van der Waals surface area contributed by atoms with Crippen LogP contribution >= 0.6 is 11.3 Å². The highest BCUT2D eigenvalue weighted by Crippen LogP contribution is 2.24. The highest BCUT2D eigenvalue weighted by atomic mass is 32.2. The average Bonchev–Trinajstić information content (AvgIpc) is 3.18. The molecular formula is C18H20FN3O2S2. The van der Waals surface area contributed by atoms with Crippen LogP contribution in [0.2, 0.25) is 0 Å². The molecule has 0 fully saturated rings. The Morgan fingerprint density at radius 1 is 1.23 bits per heavy atom. The van der Waals surface area contributed by atoms with Gasteiger partial charge in [-0.25, -0.2) is 17.5 Å². The lowest BCUT2D eigenvalue weighted by Crippen LogP contribution is -2.32. The minimum absolute atomic E-state index is 0.181. The zero-order valence-electron chi connectivity index (χ0n) is 14.5. The molecular weight excluding hydrogens is 373 g/mol. The highest BCUT2D eigenvalue weighted by Gasteiger charge is 2.21. The third-order valence-corrected chi connectivity index (χ3v) is 6.25. The van der Waals surface area contributed by atoms with Crippen LogP contribution < -0.4 is 4.72 Å². The topological polar surface area (TPSA) is 64.0 Å². The van der Waals surface area contributed by atoms with E-state index in [0.717, 1.165) is 16.3 Å². The number of nitrogens with one attached hydrogen (secondary N) is 1. The standard InChI is InChI=1S/C18H20FN3O2S2/c1-13-9-14(2)22(21-13)17(18-7-4-8-25-18)11-20-26(23,24)12-15-5-3-6-16(19)10-15/h3-10,17,20H,11-12H2,1-2H3/t17-/m0/s1. The van der Waals surface area contributed by atoms with Crippen LogP contribution in [-0.4, -0.2) is 24.7 Å². The van der Waals surface area contributed by atoms with Crippen molar-refractivity contribution < 1.29 is 12.8 Å². The van der Waals surface area contributed by atoms with E-state index in [9.17, 15) is 12.8 Å². The number of sulfonamides is 1. The second-order valence-corrected chi connectivity index (χ2v) is 8.93. The normalized spacial score (nSPS) is 13.0. The van der Waals surface area contributed by atoms with Crippen LogP contribution in [0.15, 0.2) is 47.8 Å². The molecule has 0 amide bonds. The summed E-state index contributed by atoms with van der Waals surface area (Å²) in [4.78, 5) is 1.02. The lowest BCUT2D eigenvalue weighted by atomic mass is 10.2. The van der Waals surface area contributed by atoms with Crippen molar-refractivity contribution in [3.8, 4) is 0 Å². The Bertz CT molecular complexity index is 982. The summed E-state index contributed by atoms with van der Waals surface area (Å²) in [6.45, 7) is 4.03. The first-order chi connectivity index (χ1) is 12.3. The predicted molar refractivity (Wildman–Crippen MR) is 101 cm³/mol. The maximum atomic E-state index is 13.3. The number of aromatic nitrogens is 2. The quantitative estimate of drug-likeness (QED) is 0.669. The molecule has 138 valence electrons. The second-order valence-electron chi connectivity index (χ2n) is 6.14. The van der Waals surface area contributed by atoms with Gasteiger partial charge in [-0.3, -0.25) is 4.68 Å². The summed E-state index contributed by atoms with van der Waals surface area (Å²) in [6.07, 6.45) is 0. The van der Waals surface area contributed by atoms with E-state index in [1.165, 1.54) is 18.2 Å². The van der Waals surface area contributed by atoms with Gasteiger partial charge in [-0.05, 0) is 49.1 Å². The van der Waals surface area contributed by atoms with Crippen molar-refractivity contribution >= 4 is 21.4 Å². The van der Waals surface area contributed by atoms with Crippen LogP contribution in [0.25, 0.3) is 0 Å². The molecule has 0 spiro atoms. The molecule has 0 aliphatic carbocycles. The van der Waals surface area contributed by atoms with Crippen LogP contribution in [0.1, 0.15) is 27.9 Å². The fourth-order valence-electron chi connectivity index (χ4n) is 2.85. The van der Waals surface area contributed by atoms with Gasteiger partial charge in [0.25, 0.3) is 0 Å². The van der Waals surface area contributed by atoms with Gasteiger partial charge in [-0.1, -0.05) is 18.2 Å². The van der Waals surface area contributed by atoms with Gasteiger partial charge in [0.2, 0.25) is 10.0 Å². The molecule has 0 bridgehead atoms. The first-order valence-electron chi connectivity index (χ1n) is 8.12. The number of hydrogen-bond acceptors (Lipinski definition) is 4. The molecule has 0 radical (unpaired) electrons. The first-order valence-corrected chi connectivity index (χ1v) is 10.7. The maximum absolute atomic E-state index is 13.3. The van der Waals surface area contributed by atoms with Crippen molar-refractivity contribution in [2.45, 2.75) is 25.6 Å². The van der Waals surface area contributed by atoms with Gasteiger partial charge in [-0.2, -0.15) is 5.10 Å². The minimum atomic E-state index is -3.60. The number of thiophene rings is 1. The average molecular weight is 394 g/mol. The number of rotatable bonds is 7. The first kappa shape index (κ1) is 18.8. The molecule has 3 rings (SSSR count). The Kier molecular flexibility index (Phi) is 5.55. The third kappa shape index (κ3) is 4.57. The molecule has 0 saturated heterocycles. The number of halogens is 1. The molecule has 0 aliphatic heterocycles. The van der Waals surface area contributed by atoms with Crippen molar-refractivity contribution in [2.24, 2.45) is 0 Å². The number of nitrogens with zero attached hydrogens (tertiary/aromatic N) is 2. The minimum Gasteiger partial charge on any atom is -0.260 e. The smallest absolute Gasteiger partial charge is 0.215 e. The van der Waals surface area contributed by atoms with Gasteiger partial charge in [0, 0.05) is 17.1 Å². The summed E-state index contributed by atoms with van der Waals surface area (Å²) < 4.78 is 42.7. The number of aryl methyl sites for hydroxylation is 2. The zero-order chi connectivity index (χ0) is 18.7. The summed E-state index contributed by atoms with van der Waals surface area (Å²) in [5.74, 6) is -0.712. The molecule has 8 heteroatoms. The summed E-state index contributed by atoms with van der Waals surface area (Å²) in [5, 5.41) is 6.46. The zero-order valence-corrected chi connectivity index (χ0v) is 16.1. The van der Waals surface area contributed by atoms with E-state index in [4.69, 9.17) is 0 Å². The molecule has 2 aromatic heterocycles. The van der Waals surface area contributed by atoms with Crippen molar-refractivity contribution in [2.75, 3.05) is 6.54 Å². The Morgan fingerprint density at radius 3 is 2.65 bits per heavy atom. The van der Waals surface area contributed by atoms with E-state index in [0.29, 0.717) is 5.56 Å². The van der Waals surface area contributed by atoms with E-state index in [-0.39, 0.29) is 18.3 Å². The Hall–Kier alpha value is -2.03. The second kappa shape index (κ2) is 7.69. The van der Waals surface area contributed by atoms with Crippen LogP contribution in [0.5, 0.6) is 0 Å². The lowest BCUT2D eigenvalue weighted by Gasteiger charge is -2.19. The van der Waals surface area contributed by atoms with Gasteiger partial charge >= 0.3 is 0 Å². The van der Waals surface area contributed by atoms with Crippen LogP contribution in [0.4, 0.5) is 4.39 Å². The molecule has 26 heavy (non-hydrogen) atoms. The SMILES string of the molecule is Cc1cc(C)n([C@@H](CNS(=O)(=O)Cc2cccc(F)c2)c2cccs2)n1. The molecule has 1 atom stereocenters. The van der Waals surface area contributed by atoms with E-state index in [1.807, 2.05) is 42.1 Å². The van der Waals surface area contributed by atoms with Crippen molar-refractivity contribution in [3.05, 3.63) is 75.5 Å². The van der Waals surface area contributed by atoms with Crippen molar-refractivity contribution in [1.82, 2.24) is 14.5 Å². The Morgan fingerprint density at radius 2 is 2.04 bits per heavy atom. The predicted octanol–water partition coefficient (Wildman–Crippen LogP) is 3.41. The summed E-state index contributed by atoms with van der Waals surface area (Å²) in [5.41, 5.74) is 2.26. The molecule has 0 saturated carbocycles. The van der Waals surface area contributed by atoms with Gasteiger partial charge in [-0.15, -0.1) is 11.3 Å². The van der Waals surface area contributed by atoms with Gasteiger partial charge in [0.1, 0.15) is 5.82 Å².